The number of carbonyl (C=O) groups is 1. The summed E-state index contributed by atoms with van der Waals surface area (Å²) in [5.74, 6) is 0. The van der Waals surface area contributed by atoms with E-state index in [1.165, 1.54) is 0 Å². The number of hydrogen-bond donors (Lipinski definition) is 2. The van der Waals surface area contributed by atoms with Crippen molar-refractivity contribution in [2.75, 3.05) is 5.32 Å². The van der Waals surface area contributed by atoms with E-state index in [0.717, 1.165) is 67.8 Å². The van der Waals surface area contributed by atoms with Gasteiger partial charge < -0.3 is 5.32 Å². The molecule has 0 radical (unpaired) electrons. The Kier molecular flexibility index (Phi) is 4.60. The number of amides is 2. The molecule has 0 fully saturated rings. The van der Waals surface area contributed by atoms with Crippen LogP contribution in [-0.2, 0) is 48.9 Å². The van der Waals surface area contributed by atoms with E-state index in [0.29, 0.717) is 16.4 Å². The molecule has 0 bridgehead atoms. The van der Waals surface area contributed by atoms with E-state index in [1.807, 2.05) is 0 Å². The van der Waals surface area contributed by atoms with Gasteiger partial charge in [-0.2, -0.15) is 26.7 Å². The molecule has 29 heavy (non-hydrogen) atoms. The van der Waals surface area contributed by atoms with Crippen LogP contribution in [-0.4, -0.2) is 24.2 Å². The third-order valence-corrected chi connectivity index (χ3v) is 6.57. The molecule has 11 heteroatoms. The Morgan fingerprint density at radius 3 is 2.17 bits per heavy atom. The van der Waals surface area contributed by atoms with Gasteiger partial charge >= 0.3 is 12.2 Å². The van der Waals surface area contributed by atoms with E-state index >= 15 is 0 Å². The molecule has 0 unspecified atom stereocenters. The Balaban J connectivity index is 1.58. The van der Waals surface area contributed by atoms with Crippen LogP contribution in [0.5, 0.6) is 0 Å². The highest BCUT2D eigenvalue weighted by Crippen LogP contribution is 2.38. The van der Waals surface area contributed by atoms with Gasteiger partial charge in [0.1, 0.15) is 5.69 Å². The molecule has 0 spiro atoms. The molecule has 0 saturated heterocycles. The average molecular weight is 428 g/mol. The van der Waals surface area contributed by atoms with Gasteiger partial charge in [0, 0.05) is 18.8 Å². The number of aryl methyl sites for hydroxylation is 3. The molecule has 0 atom stereocenters. The normalized spacial score (nSPS) is 15.9. The number of benzene rings is 1. The van der Waals surface area contributed by atoms with Crippen molar-refractivity contribution in [3.05, 3.63) is 40.1 Å². The number of aromatic nitrogens is 2. The van der Waals surface area contributed by atoms with E-state index in [-0.39, 0.29) is 0 Å². The minimum atomic E-state index is -4.76. The fourth-order valence-electron chi connectivity index (χ4n) is 4.12. The second-order valence-electron chi connectivity index (χ2n) is 7.28. The van der Waals surface area contributed by atoms with Crippen molar-refractivity contribution >= 4 is 21.7 Å². The van der Waals surface area contributed by atoms with E-state index in [4.69, 9.17) is 0 Å². The molecule has 7 nitrogen and oxygen atoms in total. The average Bonchev–Trinajstić information content (AvgIpc) is 3.31. The first-order valence-electron chi connectivity index (χ1n) is 9.18. The Hall–Kier alpha value is -2.56. The van der Waals surface area contributed by atoms with E-state index in [1.54, 1.807) is 4.72 Å². The van der Waals surface area contributed by atoms with Gasteiger partial charge in [-0.1, -0.05) is 6.07 Å². The van der Waals surface area contributed by atoms with Crippen molar-refractivity contribution < 1.29 is 26.4 Å². The minimum Gasteiger partial charge on any atom is -0.307 e. The van der Waals surface area contributed by atoms with Crippen LogP contribution in [0.25, 0.3) is 0 Å². The first kappa shape index (κ1) is 19.7. The van der Waals surface area contributed by atoms with E-state index in [9.17, 15) is 26.4 Å². The zero-order chi connectivity index (χ0) is 21.0. The molecular formula is C18H19F3N4O3S. The molecule has 4 rings (SSSR count). The van der Waals surface area contributed by atoms with Gasteiger partial charge in [-0.05, 0) is 60.8 Å². The quantitative estimate of drug-likeness (QED) is 0.786. The lowest BCUT2D eigenvalue weighted by atomic mass is 9.99. The highest BCUT2D eigenvalue weighted by molar-refractivity contribution is 7.90. The van der Waals surface area contributed by atoms with Crippen molar-refractivity contribution in [3.8, 4) is 0 Å². The predicted molar refractivity (Wildman–Crippen MR) is 98.0 cm³/mol. The number of halogens is 3. The molecule has 1 heterocycles. The molecule has 1 aromatic carbocycles. The second kappa shape index (κ2) is 6.75. The van der Waals surface area contributed by atoms with Crippen LogP contribution in [0.3, 0.4) is 0 Å². The maximum Gasteiger partial charge on any atom is 0.433 e. The molecular weight excluding hydrogens is 409 g/mol. The van der Waals surface area contributed by atoms with Gasteiger partial charge in [-0.25, -0.2) is 9.52 Å². The topological polar surface area (TPSA) is 93.1 Å². The number of nitrogens with zero attached hydrogens (tertiary/aromatic N) is 2. The molecule has 2 aromatic rings. The lowest BCUT2D eigenvalue weighted by Gasteiger charge is -2.16. The van der Waals surface area contributed by atoms with Gasteiger partial charge in [-0.3, -0.25) is 4.68 Å². The largest absolute Gasteiger partial charge is 0.433 e. The van der Waals surface area contributed by atoms with Gasteiger partial charge in [0.15, 0.2) is 5.03 Å². The van der Waals surface area contributed by atoms with Crippen LogP contribution in [0, 0.1) is 0 Å². The number of nitrogens with one attached hydrogen (secondary N) is 2. The van der Waals surface area contributed by atoms with E-state index < -0.39 is 33.0 Å². The molecule has 156 valence electrons. The Bertz CT molecular complexity index is 1070. The Morgan fingerprint density at radius 1 is 1.07 bits per heavy atom. The number of hydrogen-bond acceptors (Lipinski definition) is 4. The maximum atomic E-state index is 12.9. The zero-order valence-electron chi connectivity index (χ0n) is 15.6. The summed E-state index contributed by atoms with van der Waals surface area (Å²) in [7, 11) is -3.58. The number of carbonyl (C=O) groups excluding carboxylic acids is 1. The third-order valence-electron chi connectivity index (χ3n) is 5.36. The molecule has 2 aliphatic rings. The summed E-state index contributed by atoms with van der Waals surface area (Å²) < 4.78 is 65.6. The monoisotopic (exact) mass is 428 g/mol. The van der Waals surface area contributed by atoms with Crippen LogP contribution in [0.4, 0.5) is 23.7 Å². The summed E-state index contributed by atoms with van der Waals surface area (Å²) in [6, 6.07) is 1.54. The molecule has 1 aromatic heterocycles. The Morgan fingerprint density at radius 2 is 1.66 bits per heavy atom. The fraction of sp³-hybridized carbons (Fsp3) is 0.444. The molecule has 2 N–H and O–H groups in total. The summed E-state index contributed by atoms with van der Waals surface area (Å²) in [5, 5.41) is 5.16. The standard InChI is InChI=1S/C18H19F3N4O3S/c1-25-14(18(19,20)21)9-15(23-25)29(27,28)24-17(26)22-16-12-6-2-4-10(12)8-11-5-3-7-13(11)16/h8-9H,2-7H2,1H3,(H2,22,24,26). The second-order valence-corrected chi connectivity index (χ2v) is 8.91. The van der Waals surface area contributed by atoms with Crippen molar-refractivity contribution in [2.24, 2.45) is 7.05 Å². The van der Waals surface area contributed by atoms with Crippen LogP contribution < -0.4 is 10.0 Å². The Labute approximate surface area is 165 Å². The molecule has 0 aliphatic heterocycles. The van der Waals surface area contributed by atoms with E-state index in [2.05, 4.69) is 16.5 Å². The predicted octanol–water partition coefficient (Wildman–Crippen LogP) is 2.93. The summed E-state index contributed by atoms with van der Waals surface area (Å²) >= 11 is 0. The van der Waals surface area contributed by atoms with Crippen LogP contribution >= 0.6 is 0 Å². The summed E-state index contributed by atoms with van der Waals surface area (Å²) in [6.07, 6.45) is 0.557. The number of fused-ring (bicyclic) bond motifs is 2. The summed E-state index contributed by atoms with van der Waals surface area (Å²) in [5.41, 5.74) is 3.74. The summed E-state index contributed by atoms with van der Waals surface area (Å²) in [6.45, 7) is 0. The number of anilines is 1. The highest BCUT2D eigenvalue weighted by atomic mass is 32.2. The zero-order valence-corrected chi connectivity index (χ0v) is 16.4. The van der Waals surface area contributed by atoms with Gasteiger partial charge in [0.25, 0.3) is 10.0 Å². The van der Waals surface area contributed by atoms with Gasteiger partial charge in [-0.15, -0.1) is 0 Å². The molecule has 0 saturated carbocycles. The van der Waals surface area contributed by atoms with Crippen LogP contribution in [0.15, 0.2) is 17.2 Å². The number of urea groups is 1. The number of sulfonamides is 1. The van der Waals surface area contributed by atoms with Crippen molar-refractivity contribution in [2.45, 2.75) is 49.7 Å². The van der Waals surface area contributed by atoms with Crippen molar-refractivity contribution in [1.82, 2.24) is 14.5 Å². The lowest BCUT2D eigenvalue weighted by molar-refractivity contribution is -0.143. The summed E-state index contributed by atoms with van der Waals surface area (Å²) in [4.78, 5) is 12.4. The minimum absolute atomic E-state index is 0.396. The first-order valence-corrected chi connectivity index (χ1v) is 10.7. The fourth-order valence-corrected chi connectivity index (χ4v) is 5.01. The van der Waals surface area contributed by atoms with Crippen molar-refractivity contribution in [3.63, 3.8) is 0 Å². The smallest absolute Gasteiger partial charge is 0.307 e. The number of rotatable bonds is 3. The third kappa shape index (κ3) is 3.59. The van der Waals surface area contributed by atoms with Gasteiger partial charge in [0.05, 0.1) is 0 Å². The highest BCUT2D eigenvalue weighted by Gasteiger charge is 2.37. The molecule has 2 amide bonds. The number of alkyl halides is 3. The van der Waals surface area contributed by atoms with Gasteiger partial charge in [0.2, 0.25) is 0 Å². The van der Waals surface area contributed by atoms with Crippen LogP contribution in [0.1, 0.15) is 40.8 Å². The first-order chi connectivity index (χ1) is 13.6. The van der Waals surface area contributed by atoms with Crippen LogP contribution in [0.2, 0.25) is 0 Å². The SMILES string of the molecule is Cn1nc(S(=O)(=O)NC(=O)Nc2c3c(cc4c2CCC4)CCC3)cc1C(F)(F)F. The van der Waals surface area contributed by atoms with Crippen molar-refractivity contribution in [1.29, 1.82) is 0 Å². The lowest BCUT2D eigenvalue weighted by Crippen LogP contribution is -2.35. The maximum absolute atomic E-state index is 12.9. The molecule has 2 aliphatic carbocycles.